The predicted molar refractivity (Wildman–Crippen MR) is 132 cm³/mol. The largest absolute Gasteiger partial charge is 0.497 e. The number of benzene rings is 2. The maximum Gasteiger partial charge on any atom is 0.255 e. The van der Waals surface area contributed by atoms with Crippen LogP contribution in [0.25, 0.3) is 11.4 Å². The molecule has 2 aromatic heterocycles. The number of amides is 1. The summed E-state index contributed by atoms with van der Waals surface area (Å²) in [5.74, 6) is 2.00. The SMILES string of the molecule is COc1ccc(OC)c(C2C(C(=O)Nc3ccccc3)=C(C)Nc3nc(-c4ccncc4)nn32)c1. The molecule has 0 saturated carbocycles. The molecule has 0 radical (unpaired) electrons. The smallest absolute Gasteiger partial charge is 0.255 e. The lowest BCUT2D eigenvalue weighted by Crippen LogP contribution is -2.31. The van der Waals surface area contributed by atoms with Gasteiger partial charge in [0.2, 0.25) is 5.95 Å². The molecule has 4 aromatic rings. The number of para-hydroxylation sites is 1. The van der Waals surface area contributed by atoms with Crippen LogP contribution in [-0.4, -0.2) is 39.9 Å². The van der Waals surface area contributed by atoms with Crippen LogP contribution < -0.4 is 20.1 Å². The highest BCUT2D eigenvalue weighted by molar-refractivity contribution is 6.06. The zero-order valence-electron chi connectivity index (χ0n) is 19.5. The van der Waals surface area contributed by atoms with Gasteiger partial charge in [0.25, 0.3) is 5.91 Å². The molecule has 1 amide bonds. The third kappa shape index (κ3) is 4.19. The summed E-state index contributed by atoms with van der Waals surface area (Å²) in [6.07, 6.45) is 3.38. The molecule has 35 heavy (non-hydrogen) atoms. The number of hydrogen-bond donors (Lipinski definition) is 2. The van der Waals surface area contributed by atoms with Crippen molar-refractivity contribution in [1.82, 2.24) is 19.7 Å². The summed E-state index contributed by atoms with van der Waals surface area (Å²) in [7, 11) is 3.19. The van der Waals surface area contributed by atoms with Crippen molar-refractivity contribution in [2.75, 3.05) is 24.9 Å². The molecule has 2 N–H and O–H groups in total. The van der Waals surface area contributed by atoms with E-state index in [4.69, 9.17) is 19.6 Å². The standard InChI is InChI=1S/C26H24N6O3/c1-16-22(25(33)29-18-7-5-4-6-8-18)23(20-15-19(34-2)9-10-21(20)35-3)32-26(28-16)30-24(31-32)17-11-13-27-14-12-17/h4-15,23H,1-3H3,(H,29,33)(H,28,30,31). The Morgan fingerprint density at radius 1 is 1.03 bits per heavy atom. The van der Waals surface area contributed by atoms with Gasteiger partial charge in [-0.2, -0.15) is 4.98 Å². The molecule has 0 saturated heterocycles. The first-order valence-electron chi connectivity index (χ1n) is 11.0. The molecule has 1 aliphatic heterocycles. The summed E-state index contributed by atoms with van der Waals surface area (Å²) in [5, 5.41) is 11.0. The summed E-state index contributed by atoms with van der Waals surface area (Å²) in [6, 6.07) is 17.9. The van der Waals surface area contributed by atoms with Crippen molar-refractivity contribution < 1.29 is 14.3 Å². The van der Waals surface area contributed by atoms with Gasteiger partial charge in [-0.05, 0) is 49.4 Å². The zero-order chi connectivity index (χ0) is 24.4. The normalized spacial score (nSPS) is 14.7. The van der Waals surface area contributed by atoms with Gasteiger partial charge in [-0.3, -0.25) is 9.78 Å². The first-order valence-corrected chi connectivity index (χ1v) is 11.0. The van der Waals surface area contributed by atoms with E-state index < -0.39 is 6.04 Å². The third-order valence-electron chi connectivity index (χ3n) is 5.80. The lowest BCUT2D eigenvalue weighted by Gasteiger charge is -2.29. The quantitative estimate of drug-likeness (QED) is 0.435. The number of allylic oxidation sites excluding steroid dienone is 1. The number of anilines is 2. The Bertz CT molecular complexity index is 1400. The number of pyridine rings is 1. The Balaban J connectivity index is 1.67. The second-order valence-electron chi connectivity index (χ2n) is 7.93. The molecule has 1 unspecified atom stereocenters. The highest BCUT2D eigenvalue weighted by Crippen LogP contribution is 2.41. The number of hydrogen-bond acceptors (Lipinski definition) is 7. The number of nitrogens with one attached hydrogen (secondary N) is 2. The Morgan fingerprint density at radius 2 is 1.80 bits per heavy atom. The number of nitrogens with zero attached hydrogens (tertiary/aromatic N) is 4. The number of carbonyl (C=O) groups is 1. The van der Waals surface area contributed by atoms with Crippen molar-refractivity contribution >= 4 is 17.5 Å². The van der Waals surface area contributed by atoms with Crippen molar-refractivity contribution in [2.24, 2.45) is 0 Å². The van der Waals surface area contributed by atoms with Crippen molar-refractivity contribution in [3.05, 3.63) is 89.9 Å². The number of fused-ring (bicyclic) bond motifs is 1. The molecule has 9 heteroatoms. The Hall–Kier alpha value is -4.66. The fraction of sp³-hybridized carbons (Fsp3) is 0.154. The minimum absolute atomic E-state index is 0.261. The molecule has 9 nitrogen and oxygen atoms in total. The molecule has 176 valence electrons. The average molecular weight is 469 g/mol. The number of ether oxygens (including phenoxy) is 2. The van der Waals surface area contributed by atoms with Crippen LogP contribution in [0.15, 0.2) is 84.3 Å². The molecule has 0 bridgehead atoms. The van der Waals surface area contributed by atoms with Crippen LogP contribution in [0.4, 0.5) is 11.6 Å². The topological polar surface area (TPSA) is 103 Å². The summed E-state index contributed by atoms with van der Waals surface area (Å²) in [4.78, 5) is 22.4. The van der Waals surface area contributed by atoms with Crippen LogP contribution in [0.2, 0.25) is 0 Å². The van der Waals surface area contributed by atoms with Gasteiger partial charge in [0.15, 0.2) is 5.82 Å². The van der Waals surface area contributed by atoms with Gasteiger partial charge in [0.1, 0.15) is 17.5 Å². The summed E-state index contributed by atoms with van der Waals surface area (Å²) in [6.45, 7) is 1.85. The van der Waals surface area contributed by atoms with Gasteiger partial charge in [0, 0.05) is 34.9 Å². The van der Waals surface area contributed by atoms with Crippen molar-refractivity contribution in [3.63, 3.8) is 0 Å². The Kier molecular flexibility index (Phi) is 5.88. The number of carbonyl (C=O) groups excluding carboxylic acids is 1. The van der Waals surface area contributed by atoms with E-state index in [1.165, 1.54) is 0 Å². The second-order valence-corrected chi connectivity index (χ2v) is 7.93. The minimum Gasteiger partial charge on any atom is -0.497 e. The first kappa shape index (κ1) is 22.1. The molecule has 1 aliphatic rings. The zero-order valence-corrected chi connectivity index (χ0v) is 19.5. The molecule has 0 aliphatic carbocycles. The lowest BCUT2D eigenvalue weighted by molar-refractivity contribution is -0.113. The van der Waals surface area contributed by atoms with Crippen molar-refractivity contribution in [3.8, 4) is 22.9 Å². The predicted octanol–water partition coefficient (Wildman–Crippen LogP) is 4.28. The van der Waals surface area contributed by atoms with E-state index in [9.17, 15) is 4.79 Å². The van der Waals surface area contributed by atoms with Crippen LogP contribution in [0.5, 0.6) is 11.5 Å². The van der Waals surface area contributed by atoms with Gasteiger partial charge in [0.05, 0.1) is 19.8 Å². The Labute approximate surface area is 202 Å². The lowest BCUT2D eigenvalue weighted by atomic mass is 9.94. The van der Waals surface area contributed by atoms with Crippen LogP contribution >= 0.6 is 0 Å². The second kappa shape index (κ2) is 9.30. The van der Waals surface area contributed by atoms with Crippen molar-refractivity contribution in [1.29, 1.82) is 0 Å². The van der Waals surface area contributed by atoms with E-state index in [-0.39, 0.29) is 5.91 Å². The highest BCUT2D eigenvalue weighted by Gasteiger charge is 2.36. The molecule has 1 atom stereocenters. The Morgan fingerprint density at radius 3 is 2.51 bits per heavy atom. The van der Waals surface area contributed by atoms with Crippen LogP contribution in [0.3, 0.4) is 0 Å². The number of rotatable bonds is 6. The van der Waals surface area contributed by atoms with Gasteiger partial charge in [-0.25, -0.2) is 4.68 Å². The van der Waals surface area contributed by atoms with E-state index in [1.54, 1.807) is 31.3 Å². The van der Waals surface area contributed by atoms with Crippen LogP contribution in [-0.2, 0) is 4.79 Å². The van der Waals surface area contributed by atoms with E-state index >= 15 is 0 Å². The number of methoxy groups -OCH3 is 2. The van der Waals surface area contributed by atoms with Crippen LogP contribution in [0.1, 0.15) is 18.5 Å². The third-order valence-corrected chi connectivity index (χ3v) is 5.80. The minimum atomic E-state index is -0.622. The highest BCUT2D eigenvalue weighted by atomic mass is 16.5. The molecule has 0 fully saturated rings. The van der Waals surface area contributed by atoms with Gasteiger partial charge in [-0.15, -0.1) is 5.10 Å². The molecule has 3 heterocycles. The van der Waals surface area contributed by atoms with Gasteiger partial charge >= 0.3 is 0 Å². The molecular weight excluding hydrogens is 444 g/mol. The van der Waals surface area contributed by atoms with Crippen LogP contribution in [0, 0.1) is 0 Å². The maximum atomic E-state index is 13.7. The van der Waals surface area contributed by atoms with Gasteiger partial charge in [-0.1, -0.05) is 18.2 Å². The molecule has 2 aromatic carbocycles. The summed E-state index contributed by atoms with van der Waals surface area (Å²) in [5.41, 5.74) is 3.37. The van der Waals surface area contributed by atoms with Crippen molar-refractivity contribution in [2.45, 2.75) is 13.0 Å². The number of aromatic nitrogens is 4. The van der Waals surface area contributed by atoms with E-state index in [2.05, 4.69) is 15.6 Å². The molecule has 0 spiro atoms. The van der Waals surface area contributed by atoms with Gasteiger partial charge < -0.3 is 20.1 Å². The fourth-order valence-electron chi connectivity index (χ4n) is 4.13. The summed E-state index contributed by atoms with van der Waals surface area (Å²) < 4.78 is 12.9. The monoisotopic (exact) mass is 468 g/mol. The first-order chi connectivity index (χ1) is 17.1. The van der Waals surface area contributed by atoms with E-state index in [0.717, 1.165) is 11.1 Å². The fourth-order valence-corrected chi connectivity index (χ4v) is 4.13. The summed E-state index contributed by atoms with van der Waals surface area (Å²) >= 11 is 0. The maximum absolute atomic E-state index is 13.7. The average Bonchev–Trinajstić information content (AvgIpc) is 3.32. The van der Waals surface area contributed by atoms with E-state index in [0.29, 0.717) is 40.2 Å². The molecular formula is C26H24N6O3. The van der Waals surface area contributed by atoms with E-state index in [1.807, 2.05) is 67.6 Å². The molecule has 5 rings (SSSR count).